The smallest absolute Gasteiger partial charge is 0.155 e. The SMILES string of the molecule is Nc1c(Cl)ccnc1Nc1cccnc1. The lowest BCUT2D eigenvalue weighted by Crippen LogP contribution is -1.99. The van der Waals surface area contributed by atoms with Gasteiger partial charge in [0.05, 0.1) is 22.6 Å². The van der Waals surface area contributed by atoms with Crippen LogP contribution in [-0.4, -0.2) is 9.97 Å². The number of halogens is 1. The molecule has 4 nitrogen and oxygen atoms in total. The van der Waals surface area contributed by atoms with Gasteiger partial charge in [-0.05, 0) is 18.2 Å². The molecule has 0 aliphatic rings. The molecule has 3 N–H and O–H groups in total. The van der Waals surface area contributed by atoms with E-state index in [9.17, 15) is 0 Å². The fourth-order valence-corrected chi connectivity index (χ4v) is 1.27. The first-order valence-electron chi connectivity index (χ1n) is 4.34. The Balaban J connectivity index is 2.29. The molecule has 2 heterocycles. The molecule has 0 radical (unpaired) electrons. The zero-order valence-electron chi connectivity index (χ0n) is 7.81. The zero-order valence-corrected chi connectivity index (χ0v) is 8.57. The van der Waals surface area contributed by atoms with Crippen molar-refractivity contribution in [2.45, 2.75) is 0 Å². The van der Waals surface area contributed by atoms with Crippen LogP contribution in [0.1, 0.15) is 0 Å². The van der Waals surface area contributed by atoms with Gasteiger partial charge >= 0.3 is 0 Å². The summed E-state index contributed by atoms with van der Waals surface area (Å²) in [5.74, 6) is 0.538. The average molecular weight is 221 g/mol. The number of hydrogen-bond donors (Lipinski definition) is 2. The van der Waals surface area contributed by atoms with E-state index >= 15 is 0 Å². The molecule has 0 bridgehead atoms. The number of nitrogen functional groups attached to an aromatic ring is 1. The highest BCUT2D eigenvalue weighted by Gasteiger charge is 2.04. The van der Waals surface area contributed by atoms with Gasteiger partial charge in [-0.15, -0.1) is 0 Å². The number of nitrogens with zero attached hydrogens (tertiary/aromatic N) is 2. The van der Waals surface area contributed by atoms with Crippen LogP contribution >= 0.6 is 11.6 Å². The molecule has 2 aromatic heterocycles. The molecular weight excluding hydrogens is 212 g/mol. The molecule has 0 aliphatic heterocycles. The van der Waals surface area contributed by atoms with Gasteiger partial charge in [0, 0.05) is 12.4 Å². The molecule has 0 amide bonds. The Hall–Kier alpha value is -1.81. The summed E-state index contributed by atoms with van der Waals surface area (Å²) < 4.78 is 0. The van der Waals surface area contributed by atoms with E-state index in [1.807, 2.05) is 12.1 Å². The normalized spacial score (nSPS) is 9.93. The van der Waals surface area contributed by atoms with Crippen LogP contribution in [0.2, 0.25) is 5.02 Å². The zero-order chi connectivity index (χ0) is 10.7. The maximum absolute atomic E-state index is 5.86. The molecule has 15 heavy (non-hydrogen) atoms. The molecule has 5 heteroatoms. The monoisotopic (exact) mass is 220 g/mol. The molecule has 76 valence electrons. The van der Waals surface area contributed by atoms with E-state index in [0.717, 1.165) is 5.69 Å². The number of anilines is 3. The highest BCUT2D eigenvalue weighted by atomic mass is 35.5. The van der Waals surface area contributed by atoms with Crippen LogP contribution in [0.25, 0.3) is 0 Å². The predicted octanol–water partition coefficient (Wildman–Crippen LogP) is 2.46. The summed E-state index contributed by atoms with van der Waals surface area (Å²) in [5.41, 5.74) is 7.00. The lowest BCUT2D eigenvalue weighted by Gasteiger charge is -2.08. The summed E-state index contributed by atoms with van der Waals surface area (Å²) in [6.07, 6.45) is 4.97. The number of rotatable bonds is 2. The van der Waals surface area contributed by atoms with Crippen LogP contribution in [0.5, 0.6) is 0 Å². The van der Waals surface area contributed by atoms with Crippen LogP contribution in [0.15, 0.2) is 36.8 Å². The third-order valence-corrected chi connectivity index (χ3v) is 2.19. The van der Waals surface area contributed by atoms with Crippen LogP contribution in [0.3, 0.4) is 0 Å². The second-order valence-corrected chi connectivity index (χ2v) is 3.33. The minimum Gasteiger partial charge on any atom is -0.395 e. The summed E-state index contributed by atoms with van der Waals surface area (Å²) in [4.78, 5) is 8.05. The fraction of sp³-hybridized carbons (Fsp3) is 0. The summed E-state index contributed by atoms with van der Waals surface area (Å²) in [6.45, 7) is 0. The van der Waals surface area contributed by atoms with Gasteiger partial charge in [0.25, 0.3) is 0 Å². The van der Waals surface area contributed by atoms with E-state index in [4.69, 9.17) is 17.3 Å². The molecule has 0 unspecified atom stereocenters. The number of nitrogens with two attached hydrogens (primary N) is 1. The van der Waals surface area contributed by atoms with Crippen molar-refractivity contribution in [1.82, 2.24) is 9.97 Å². The molecule has 0 saturated heterocycles. The predicted molar refractivity (Wildman–Crippen MR) is 61.2 cm³/mol. The minimum absolute atomic E-state index is 0.433. The first kappa shape index (κ1) is 9.73. The number of nitrogens with one attached hydrogen (secondary N) is 1. The van der Waals surface area contributed by atoms with Crippen molar-refractivity contribution in [3.8, 4) is 0 Å². The molecule has 2 rings (SSSR count). The topological polar surface area (TPSA) is 63.8 Å². The van der Waals surface area contributed by atoms with Crippen molar-refractivity contribution in [2.24, 2.45) is 0 Å². The Morgan fingerprint density at radius 3 is 2.87 bits per heavy atom. The molecule has 0 fully saturated rings. The van der Waals surface area contributed by atoms with Crippen LogP contribution < -0.4 is 11.1 Å². The molecule has 0 aliphatic carbocycles. The van der Waals surface area contributed by atoms with Crippen molar-refractivity contribution in [3.63, 3.8) is 0 Å². The molecule has 0 spiro atoms. The van der Waals surface area contributed by atoms with Gasteiger partial charge < -0.3 is 11.1 Å². The Morgan fingerprint density at radius 1 is 1.27 bits per heavy atom. The van der Waals surface area contributed by atoms with Crippen LogP contribution in [0.4, 0.5) is 17.2 Å². The van der Waals surface area contributed by atoms with Crippen molar-refractivity contribution in [3.05, 3.63) is 41.8 Å². The van der Waals surface area contributed by atoms with Gasteiger partial charge in [-0.2, -0.15) is 0 Å². The summed E-state index contributed by atoms with van der Waals surface area (Å²) in [7, 11) is 0. The average Bonchev–Trinajstić information content (AvgIpc) is 2.26. The van der Waals surface area contributed by atoms with Gasteiger partial charge in [-0.1, -0.05) is 11.6 Å². The minimum atomic E-state index is 0.433. The van der Waals surface area contributed by atoms with Gasteiger partial charge in [-0.25, -0.2) is 4.98 Å². The van der Waals surface area contributed by atoms with Crippen molar-refractivity contribution >= 4 is 28.8 Å². The second-order valence-electron chi connectivity index (χ2n) is 2.92. The van der Waals surface area contributed by atoms with Crippen LogP contribution in [-0.2, 0) is 0 Å². The third kappa shape index (κ3) is 2.16. The molecule has 0 atom stereocenters. The highest BCUT2D eigenvalue weighted by Crippen LogP contribution is 2.26. The van der Waals surface area contributed by atoms with Crippen molar-refractivity contribution < 1.29 is 0 Å². The Morgan fingerprint density at radius 2 is 2.13 bits per heavy atom. The first-order chi connectivity index (χ1) is 7.27. The summed E-state index contributed by atoms with van der Waals surface area (Å²) >= 11 is 5.86. The number of pyridine rings is 2. The lowest BCUT2D eigenvalue weighted by molar-refractivity contribution is 1.28. The van der Waals surface area contributed by atoms with E-state index in [0.29, 0.717) is 16.5 Å². The Labute approximate surface area is 92.1 Å². The summed E-state index contributed by atoms with van der Waals surface area (Å²) in [5, 5.41) is 3.51. The van der Waals surface area contributed by atoms with Gasteiger partial charge in [-0.3, -0.25) is 4.98 Å². The molecule has 0 saturated carbocycles. The second kappa shape index (κ2) is 4.14. The Kier molecular flexibility index (Phi) is 2.69. The summed E-state index contributed by atoms with van der Waals surface area (Å²) in [6, 6.07) is 5.34. The largest absolute Gasteiger partial charge is 0.395 e. The lowest BCUT2D eigenvalue weighted by atomic mass is 10.3. The number of hydrogen-bond acceptors (Lipinski definition) is 4. The first-order valence-corrected chi connectivity index (χ1v) is 4.72. The van der Waals surface area contributed by atoms with Crippen molar-refractivity contribution in [1.29, 1.82) is 0 Å². The quantitative estimate of drug-likeness (QED) is 0.816. The number of aromatic nitrogens is 2. The van der Waals surface area contributed by atoms with E-state index in [1.54, 1.807) is 24.7 Å². The maximum atomic E-state index is 5.86. The Bertz CT molecular complexity index is 458. The van der Waals surface area contributed by atoms with E-state index in [-0.39, 0.29) is 0 Å². The maximum Gasteiger partial charge on any atom is 0.155 e. The van der Waals surface area contributed by atoms with Gasteiger partial charge in [0.1, 0.15) is 0 Å². The van der Waals surface area contributed by atoms with E-state index < -0.39 is 0 Å². The van der Waals surface area contributed by atoms with Crippen molar-refractivity contribution in [2.75, 3.05) is 11.1 Å². The molecule has 0 aromatic carbocycles. The highest BCUT2D eigenvalue weighted by molar-refractivity contribution is 6.33. The van der Waals surface area contributed by atoms with Gasteiger partial charge in [0.15, 0.2) is 5.82 Å². The molecule has 2 aromatic rings. The third-order valence-electron chi connectivity index (χ3n) is 1.86. The van der Waals surface area contributed by atoms with Gasteiger partial charge in [0.2, 0.25) is 0 Å². The fourth-order valence-electron chi connectivity index (χ4n) is 1.12. The van der Waals surface area contributed by atoms with Crippen LogP contribution in [0, 0.1) is 0 Å². The standard InChI is InChI=1S/C10H9ClN4/c11-8-3-5-14-10(9(8)12)15-7-2-1-4-13-6-7/h1-6H,12H2,(H,14,15). The van der Waals surface area contributed by atoms with E-state index in [1.165, 1.54) is 0 Å². The van der Waals surface area contributed by atoms with E-state index in [2.05, 4.69) is 15.3 Å². The molecular formula is C10H9ClN4.